The predicted octanol–water partition coefficient (Wildman–Crippen LogP) is -1.40. The largest absolute Gasteiger partial charge is 0.393 e. The fraction of sp³-hybridized carbons (Fsp3) is 0.600. The van der Waals surface area contributed by atoms with Gasteiger partial charge in [0.25, 0.3) is 0 Å². The summed E-state index contributed by atoms with van der Waals surface area (Å²) >= 11 is 0. The lowest BCUT2D eigenvalue weighted by atomic mass is 10.2. The molecule has 0 aliphatic heterocycles. The maximum atomic E-state index is 10.4. The van der Waals surface area contributed by atoms with Crippen LogP contribution in [-0.4, -0.2) is 39.2 Å². The first-order chi connectivity index (χ1) is 4.63. The highest BCUT2D eigenvalue weighted by molar-refractivity contribution is 6.38. The molecule has 0 spiro atoms. The van der Waals surface area contributed by atoms with Crippen LogP contribution in [-0.2, 0) is 4.79 Å². The van der Waals surface area contributed by atoms with Gasteiger partial charge in [0.15, 0.2) is 6.10 Å². The summed E-state index contributed by atoms with van der Waals surface area (Å²) in [4.78, 5) is 12.9. The summed E-state index contributed by atoms with van der Waals surface area (Å²) in [6.07, 6.45) is -1.39. The molecular weight excluding hydrogens is 136 g/mol. The Morgan fingerprint density at radius 3 is 2.40 bits per heavy atom. The van der Waals surface area contributed by atoms with Crippen molar-refractivity contribution in [1.82, 2.24) is 0 Å². The summed E-state index contributed by atoms with van der Waals surface area (Å²) in [5, 5.41) is 17.0. The minimum atomic E-state index is -1.39. The van der Waals surface area contributed by atoms with E-state index in [1.54, 1.807) is 0 Å². The van der Waals surface area contributed by atoms with E-state index in [4.69, 9.17) is 15.7 Å². The van der Waals surface area contributed by atoms with Crippen LogP contribution < -0.4 is 0 Å². The molecule has 0 fully saturated rings. The van der Waals surface area contributed by atoms with E-state index >= 15 is 0 Å². The molecule has 0 heterocycles. The summed E-state index contributed by atoms with van der Waals surface area (Å²) in [6.45, 7) is 0.507. The molecular formula is C5H8N2O3. The zero-order valence-corrected chi connectivity index (χ0v) is 5.48. The number of nitrogens with zero attached hydrogens (tertiary/aromatic N) is 2. The van der Waals surface area contributed by atoms with Crippen molar-refractivity contribution < 1.29 is 19.8 Å². The maximum absolute atomic E-state index is 10.4. The number of carbonyl (C=O) groups is 1. The second kappa shape index (κ2) is 3.90. The number of Topliss-reactive ketones (excluding diaryl/α,β-unsaturated/α-hetero) is 1. The zero-order chi connectivity index (χ0) is 8.15. The van der Waals surface area contributed by atoms with Crippen LogP contribution in [0.4, 0.5) is 0 Å². The van der Waals surface area contributed by atoms with Gasteiger partial charge in [0, 0.05) is 6.92 Å². The Hall–Kier alpha value is -1.03. The third kappa shape index (κ3) is 2.06. The van der Waals surface area contributed by atoms with Gasteiger partial charge < -0.3 is 15.7 Å². The summed E-state index contributed by atoms with van der Waals surface area (Å²) in [7, 11) is 0. The van der Waals surface area contributed by atoms with Crippen LogP contribution in [0.15, 0.2) is 0 Å². The minimum absolute atomic E-state index is 0.428. The van der Waals surface area contributed by atoms with Gasteiger partial charge in [-0.2, -0.15) is 4.79 Å². The van der Waals surface area contributed by atoms with Gasteiger partial charge in [-0.05, 0) is 0 Å². The molecule has 0 aliphatic rings. The number of carbonyl (C=O) groups excluding carboxylic acids is 1. The molecule has 0 bridgehead atoms. The topological polar surface area (TPSA) is 93.9 Å². The highest BCUT2D eigenvalue weighted by Crippen LogP contribution is 1.84. The lowest BCUT2D eigenvalue weighted by Crippen LogP contribution is -2.30. The predicted molar refractivity (Wildman–Crippen MR) is 32.4 cm³/mol. The Balaban J connectivity index is 4.39. The third-order valence-electron chi connectivity index (χ3n) is 0.957. The highest BCUT2D eigenvalue weighted by atomic mass is 16.3. The molecule has 2 N–H and O–H groups in total. The van der Waals surface area contributed by atoms with Crippen molar-refractivity contribution >= 4 is 11.5 Å². The second-order valence-electron chi connectivity index (χ2n) is 1.74. The van der Waals surface area contributed by atoms with Crippen LogP contribution in [0.1, 0.15) is 6.92 Å². The summed E-state index contributed by atoms with van der Waals surface area (Å²) in [5.41, 5.74) is 7.67. The SMILES string of the molecule is CC(=O)C(=[N+]=[N-])C(O)CO. The molecule has 0 rings (SSSR count). The van der Waals surface area contributed by atoms with Crippen LogP contribution in [0.5, 0.6) is 0 Å². The van der Waals surface area contributed by atoms with Crippen molar-refractivity contribution in [2.45, 2.75) is 13.0 Å². The van der Waals surface area contributed by atoms with E-state index in [9.17, 15) is 4.79 Å². The molecule has 0 amide bonds. The molecule has 0 saturated heterocycles. The van der Waals surface area contributed by atoms with Gasteiger partial charge in [0.05, 0.1) is 6.61 Å². The van der Waals surface area contributed by atoms with E-state index in [0.29, 0.717) is 0 Å². The lowest BCUT2D eigenvalue weighted by Gasteiger charge is -1.96. The number of hydrogen-bond donors (Lipinski definition) is 2. The monoisotopic (exact) mass is 144 g/mol. The summed E-state index contributed by atoms with van der Waals surface area (Å²) in [5.74, 6) is -0.566. The fourth-order valence-corrected chi connectivity index (χ4v) is 0.458. The van der Waals surface area contributed by atoms with Crippen molar-refractivity contribution in [3.8, 4) is 0 Å². The van der Waals surface area contributed by atoms with Crippen molar-refractivity contribution in [3.63, 3.8) is 0 Å². The molecule has 0 aliphatic carbocycles. The molecule has 0 radical (unpaired) electrons. The van der Waals surface area contributed by atoms with E-state index in [-0.39, 0.29) is 0 Å². The van der Waals surface area contributed by atoms with Gasteiger partial charge in [-0.3, -0.25) is 4.79 Å². The number of rotatable bonds is 3. The van der Waals surface area contributed by atoms with Gasteiger partial charge in [-0.1, -0.05) is 0 Å². The van der Waals surface area contributed by atoms with Gasteiger partial charge in [0.2, 0.25) is 5.78 Å². The number of aliphatic hydroxyl groups excluding tert-OH is 2. The molecule has 0 aromatic rings. The maximum Gasteiger partial charge on any atom is 0.364 e. The van der Waals surface area contributed by atoms with Crippen LogP contribution in [0.25, 0.3) is 5.53 Å². The van der Waals surface area contributed by atoms with E-state index in [1.807, 2.05) is 0 Å². The first kappa shape index (κ1) is 8.97. The standard InChI is InChI=1S/C5H8N2O3/c1-3(9)5(7-6)4(10)2-8/h4,8,10H,2H2,1H3. The Morgan fingerprint density at radius 2 is 2.30 bits per heavy atom. The van der Waals surface area contributed by atoms with E-state index in [2.05, 4.69) is 4.79 Å². The highest BCUT2D eigenvalue weighted by Gasteiger charge is 2.24. The molecule has 56 valence electrons. The van der Waals surface area contributed by atoms with Crippen molar-refractivity contribution in [1.29, 1.82) is 0 Å². The first-order valence-corrected chi connectivity index (χ1v) is 2.65. The van der Waals surface area contributed by atoms with Gasteiger partial charge >= 0.3 is 5.71 Å². The van der Waals surface area contributed by atoms with E-state index in [1.165, 1.54) is 0 Å². The van der Waals surface area contributed by atoms with Crippen molar-refractivity contribution in [3.05, 3.63) is 5.53 Å². The minimum Gasteiger partial charge on any atom is -0.393 e. The van der Waals surface area contributed by atoms with Gasteiger partial charge in [0.1, 0.15) is 0 Å². The van der Waals surface area contributed by atoms with Crippen LogP contribution in [0.3, 0.4) is 0 Å². The molecule has 1 atom stereocenters. The quantitative estimate of drug-likeness (QED) is 0.290. The molecule has 0 aromatic heterocycles. The first-order valence-electron chi connectivity index (χ1n) is 2.65. The van der Waals surface area contributed by atoms with Crippen molar-refractivity contribution in [2.24, 2.45) is 0 Å². The number of hydrogen-bond acceptors (Lipinski definition) is 3. The zero-order valence-electron chi connectivity index (χ0n) is 5.48. The molecule has 5 nitrogen and oxygen atoms in total. The normalized spacial score (nSPS) is 11.9. The van der Waals surface area contributed by atoms with Gasteiger partial charge in [-0.25, -0.2) is 0 Å². The second-order valence-corrected chi connectivity index (χ2v) is 1.74. The summed E-state index contributed by atoms with van der Waals surface area (Å²) < 4.78 is 0. The third-order valence-corrected chi connectivity index (χ3v) is 0.957. The van der Waals surface area contributed by atoms with Crippen LogP contribution in [0.2, 0.25) is 0 Å². The van der Waals surface area contributed by atoms with E-state index in [0.717, 1.165) is 6.92 Å². The molecule has 10 heavy (non-hydrogen) atoms. The van der Waals surface area contributed by atoms with Crippen LogP contribution in [0, 0.1) is 0 Å². The van der Waals surface area contributed by atoms with Crippen LogP contribution >= 0.6 is 0 Å². The number of aliphatic hydroxyl groups is 2. The molecule has 1 unspecified atom stereocenters. The Morgan fingerprint density at radius 1 is 1.80 bits per heavy atom. The Bertz CT molecular complexity index is 183. The lowest BCUT2D eigenvalue weighted by molar-refractivity contribution is -0.117. The molecule has 5 heteroatoms. The molecule has 0 saturated carbocycles. The fourth-order valence-electron chi connectivity index (χ4n) is 0.458. The Labute approximate surface area is 57.5 Å². The average molecular weight is 144 g/mol. The van der Waals surface area contributed by atoms with E-state index < -0.39 is 24.2 Å². The average Bonchev–Trinajstić information content (AvgIpc) is 1.88. The number of ketones is 1. The van der Waals surface area contributed by atoms with Crippen molar-refractivity contribution in [2.75, 3.05) is 6.61 Å². The molecule has 0 aromatic carbocycles. The smallest absolute Gasteiger partial charge is 0.364 e. The summed E-state index contributed by atoms with van der Waals surface area (Å²) in [6, 6.07) is 0. The Kier molecular flexibility index (Phi) is 3.49. The van der Waals surface area contributed by atoms with Gasteiger partial charge in [-0.15, -0.1) is 0 Å².